The Hall–Kier alpha value is -3.34. The number of benzene rings is 2. The minimum atomic E-state index is -1.12. The van der Waals surface area contributed by atoms with Crippen LogP contribution < -0.4 is 15.4 Å². The van der Waals surface area contributed by atoms with Gasteiger partial charge in [-0.3, -0.25) is 9.59 Å². The molecule has 0 saturated heterocycles. The number of amides is 2. The van der Waals surface area contributed by atoms with Crippen LogP contribution in [0.1, 0.15) is 74.8 Å². The summed E-state index contributed by atoms with van der Waals surface area (Å²) in [5, 5.41) is 17.8. The van der Waals surface area contributed by atoms with Gasteiger partial charge in [0.15, 0.2) is 0 Å². The van der Waals surface area contributed by atoms with Crippen molar-refractivity contribution in [2.75, 3.05) is 27.3 Å². The number of hydrogen-bond donors (Lipinski definition) is 3. The van der Waals surface area contributed by atoms with Crippen molar-refractivity contribution in [2.24, 2.45) is 5.92 Å². The van der Waals surface area contributed by atoms with E-state index in [-0.39, 0.29) is 43.4 Å². The molecule has 1 aliphatic carbocycles. The molecule has 2 aromatic carbocycles. The number of β-amino-alcohol motifs (C(OH)–C–C–N with tert-alkyl or cyclic N) is 1. The predicted molar refractivity (Wildman–Crippen MR) is 164 cm³/mol. The van der Waals surface area contributed by atoms with Gasteiger partial charge in [-0.1, -0.05) is 44.9 Å². The molecule has 0 aromatic heterocycles. The summed E-state index contributed by atoms with van der Waals surface area (Å²) in [5.74, 6) is -1.64. The molecule has 240 valence electrons. The van der Waals surface area contributed by atoms with E-state index in [9.17, 15) is 23.5 Å². The quantitative estimate of drug-likeness (QED) is 0.371. The number of fused-ring (bicyclic) bond motifs is 5. The van der Waals surface area contributed by atoms with Crippen LogP contribution in [0, 0.1) is 17.6 Å². The van der Waals surface area contributed by atoms with Gasteiger partial charge < -0.3 is 30.1 Å². The second-order valence-corrected chi connectivity index (χ2v) is 11.9. The molecule has 6 atom stereocenters. The van der Waals surface area contributed by atoms with Gasteiger partial charge in [0, 0.05) is 31.6 Å². The van der Waals surface area contributed by atoms with Crippen LogP contribution >= 0.6 is 0 Å². The summed E-state index contributed by atoms with van der Waals surface area (Å²) in [7, 11) is 3.22. The summed E-state index contributed by atoms with van der Waals surface area (Å²) in [4.78, 5) is 28.6. The van der Waals surface area contributed by atoms with Crippen molar-refractivity contribution in [3.8, 4) is 5.75 Å². The lowest BCUT2D eigenvalue weighted by atomic mass is 9.98. The van der Waals surface area contributed by atoms with Crippen LogP contribution in [0.4, 0.5) is 8.78 Å². The molecule has 2 aliphatic rings. The molecule has 2 amide bonds. The van der Waals surface area contributed by atoms with E-state index in [0.717, 1.165) is 30.0 Å². The van der Waals surface area contributed by atoms with E-state index in [2.05, 4.69) is 17.6 Å². The molecule has 2 bridgehead atoms. The molecule has 1 aliphatic heterocycles. The molecule has 4 rings (SSSR count). The summed E-state index contributed by atoms with van der Waals surface area (Å²) in [6.45, 7) is 4.33. The lowest BCUT2D eigenvalue weighted by Crippen LogP contribution is -2.55. The second kappa shape index (κ2) is 15.6. The number of unbranched alkanes of at least 4 members (excludes halogenated alkanes) is 1. The van der Waals surface area contributed by atoms with Crippen LogP contribution in [0.15, 0.2) is 48.6 Å². The molecule has 1 heterocycles. The zero-order chi connectivity index (χ0) is 31.8. The Morgan fingerprint density at radius 2 is 1.91 bits per heavy atom. The highest BCUT2D eigenvalue weighted by Gasteiger charge is 2.35. The van der Waals surface area contributed by atoms with Gasteiger partial charge in [-0.15, -0.1) is 0 Å². The number of likely N-dealkylation sites (N-methyl/N-ethyl adjacent to an activating group) is 1. The second-order valence-electron chi connectivity index (χ2n) is 11.9. The van der Waals surface area contributed by atoms with Crippen LogP contribution in [0.5, 0.6) is 5.75 Å². The topological polar surface area (TPSA) is 100 Å². The van der Waals surface area contributed by atoms with Crippen LogP contribution in [0.2, 0.25) is 0 Å². The number of carbonyl (C=O) groups excluding carboxylic acids is 2. The Morgan fingerprint density at radius 1 is 1.16 bits per heavy atom. The Kier molecular flexibility index (Phi) is 11.9. The smallest absolute Gasteiger partial charge is 0.243 e. The molecule has 8 nitrogen and oxygen atoms in total. The van der Waals surface area contributed by atoms with E-state index in [1.54, 1.807) is 14.2 Å². The third-order valence-electron chi connectivity index (χ3n) is 8.66. The minimum Gasteiger partial charge on any atom is -0.497 e. The molecular formula is C34H45F2N3O5. The number of aliphatic hydroxyl groups is 1. The van der Waals surface area contributed by atoms with E-state index in [4.69, 9.17) is 9.47 Å². The third kappa shape index (κ3) is 8.43. The number of ether oxygens (including phenoxy) is 2. The van der Waals surface area contributed by atoms with Gasteiger partial charge in [0.25, 0.3) is 0 Å². The molecule has 0 spiro atoms. The first-order valence-corrected chi connectivity index (χ1v) is 15.5. The fourth-order valence-corrected chi connectivity index (χ4v) is 6.09. The fraction of sp³-hybridized carbons (Fsp3) is 0.529. The zero-order valence-electron chi connectivity index (χ0n) is 26.0. The predicted octanol–water partition coefficient (Wildman–Crippen LogP) is 4.77. The van der Waals surface area contributed by atoms with Gasteiger partial charge in [0.2, 0.25) is 11.8 Å². The Bertz CT molecular complexity index is 1300. The number of nitrogens with zero attached hydrogens (tertiary/aromatic N) is 1. The lowest BCUT2D eigenvalue weighted by Gasteiger charge is -2.32. The number of nitrogens with one attached hydrogen (secondary N) is 2. The van der Waals surface area contributed by atoms with Crippen LogP contribution in [-0.2, 0) is 20.7 Å². The van der Waals surface area contributed by atoms with Crippen molar-refractivity contribution in [2.45, 2.75) is 82.7 Å². The first kappa shape index (κ1) is 33.6. The minimum absolute atomic E-state index is 0.0167. The highest BCUT2D eigenvalue weighted by atomic mass is 19.1. The molecule has 3 N–H and O–H groups in total. The summed E-state index contributed by atoms with van der Waals surface area (Å²) < 4.78 is 39.8. The first-order valence-electron chi connectivity index (χ1n) is 15.5. The van der Waals surface area contributed by atoms with Gasteiger partial charge in [-0.05, 0) is 66.6 Å². The molecule has 0 radical (unpaired) electrons. The number of aliphatic hydroxyl groups excluding tert-OH is 1. The average molecular weight is 614 g/mol. The first-order chi connectivity index (χ1) is 21.1. The lowest BCUT2D eigenvalue weighted by molar-refractivity contribution is -0.142. The van der Waals surface area contributed by atoms with Gasteiger partial charge in [-0.2, -0.15) is 0 Å². The number of methoxy groups -OCH3 is 1. The van der Waals surface area contributed by atoms with Crippen molar-refractivity contribution < 1.29 is 33.0 Å². The molecule has 10 heteroatoms. The maximum Gasteiger partial charge on any atom is 0.243 e. The Labute approximate surface area is 258 Å². The Balaban J connectivity index is 1.64. The van der Waals surface area contributed by atoms with E-state index in [1.165, 1.54) is 17.0 Å². The standard InChI is InChI=1S/C34H45F2N3O5/c1-5-6-9-21(2)34(42)39(3)30-10-7-8-13-44-32-19-28(27-18-25(43-4)11-12-26(27)32)37-20-31(40)29(38-33(30)41)16-22-14-23(35)17-24(36)15-22/h7-8,11-12,14-15,17-18,21,28-32,37,40H,5-6,9-10,13,16,19-20H2,1-4H3,(H,38,41)/b8-7+/t21?,28-,29+,30-,31-,32-/m1/s1. The SMILES string of the molecule is CCCCC(C)C(=O)N(C)[C@@H]1C/C=C/CO[C@@H]2C[C@@H](NC[C@@H](O)[C@H](Cc3cc(F)cc(F)c3)NC1=O)c1cc(OC)ccc12. The summed E-state index contributed by atoms with van der Waals surface area (Å²) >= 11 is 0. The molecule has 2 aromatic rings. The van der Waals surface area contributed by atoms with Crippen molar-refractivity contribution in [1.29, 1.82) is 0 Å². The molecular weight excluding hydrogens is 568 g/mol. The normalized spacial score (nSPS) is 25.6. The van der Waals surface area contributed by atoms with Crippen molar-refractivity contribution in [3.63, 3.8) is 0 Å². The van der Waals surface area contributed by atoms with Crippen molar-refractivity contribution in [1.82, 2.24) is 15.5 Å². The van der Waals surface area contributed by atoms with E-state index >= 15 is 0 Å². The van der Waals surface area contributed by atoms with Gasteiger partial charge in [0.1, 0.15) is 23.4 Å². The van der Waals surface area contributed by atoms with Gasteiger partial charge >= 0.3 is 0 Å². The molecule has 1 unspecified atom stereocenters. The zero-order valence-corrected chi connectivity index (χ0v) is 26.0. The molecule has 0 saturated carbocycles. The maximum absolute atomic E-state index is 14.1. The highest BCUT2D eigenvalue weighted by Crippen LogP contribution is 2.42. The molecule has 0 fully saturated rings. The van der Waals surface area contributed by atoms with Gasteiger partial charge in [-0.25, -0.2) is 8.78 Å². The number of carbonyl (C=O) groups is 2. The number of rotatable bonds is 8. The van der Waals surface area contributed by atoms with Crippen LogP contribution in [0.25, 0.3) is 0 Å². The number of halogens is 2. The van der Waals surface area contributed by atoms with Gasteiger partial charge in [0.05, 0.1) is 32.0 Å². The largest absolute Gasteiger partial charge is 0.497 e. The fourth-order valence-electron chi connectivity index (χ4n) is 6.09. The van der Waals surface area contributed by atoms with E-state index in [1.807, 2.05) is 37.3 Å². The maximum atomic E-state index is 14.1. The van der Waals surface area contributed by atoms with Crippen LogP contribution in [-0.4, -0.2) is 67.3 Å². The average Bonchev–Trinajstić information content (AvgIpc) is 3.34. The van der Waals surface area contributed by atoms with Crippen molar-refractivity contribution >= 4 is 11.8 Å². The summed E-state index contributed by atoms with van der Waals surface area (Å²) in [5.41, 5.74) is 2.33. The van der Waals surface area contributed by atoms with E-state index in [0.29, 0.717) is 30.8 Å². The molecule has 44 heavy (non-hydrogen) atoms. The summed E-state index contributed by atoms with van der Waals surface area (Å²) in [6.07, 6.45) is 5.79. The van der Waals surface area contributed by atoms with Crippen molar-refractivity contribution in [3.05, 3.63) is 76.9 Å². The highest BCUT2D eigenvalue weighted by molar-refractivity contribution is 5.88. The van der Waals surface area contributed by atoms with Crippen LogP contribution in [0.3, 0.4) is 0 Å². The summed E-state index contributed by atoms with van der Waals surface area (Å²) in [6, 6.07) is 7.09. The Morgan fingerprint density at radius 3 is 2.61 bits per heavy atom. The van der Waals surface area contributed by atoms with E-state index < -0.39 is 35.7 Å². The third-order valence-corrected chi connectivity index (χ3v) is 8.66. The monoisotopic (exact) mass is 613 g/mol. The number of hydrogen-bond acceptors (Lipinski definition) is 6.